The maximum Gasteiger partial charge on any atom is 0.303 e. The van der Waals surface area contributed by atoms with Crippen molar-refractivity contribution < 1.29 is 24.6 Å². The van der Waals surface area contributed by atoms with Gasteiger partial charge in [0.25, 0.3) is 0 Å². The fourth-order valence-corrected chi connectivity index (χ4v) is 0.385. The number of rotatable bonds is 2. The number of carbonyl (C=O) groups is 3. The zero-order valence-electron chi connectivity index (χ0n) is 10.7. The van der Waals surface area contributed by atoms with Crippen LogP contribution in [0.15, 0.2) is 36.4 Å². The molecular formula is C13H20O5. The minimum atomic E-state index is -0.745. The minimum Gasteiger partial charge on any atom is -0.481 e. The van der Waals surface area contributed by atoms with Crippen LogP contribution >= 0.6 is 0 Å². The molecule has 0 unspecified atom stereocenters. The molecule has 0 bridgehead atoms. The van der Waals surface area contributed by atoms with E-state index >= 15 is 0 Å². The van der Waals surface area contributed by atoms with Gasteiger partial charge in [-0.2, -0.15) is 0 Å². The van der Waals surface area contributed by atoms with Gasteiger partial charge in [-0.25, -0.2) is 0 Å². The van der Waals surface area contributed by atoms with Crippen LogP contribution in [-0.4, -0.2) is 28.9 Å². The van der Waals surface area contributed by atoms with Gasteiger partial charge in [0.05, 0.1) is 0 Å². The zero-order chi connectivity index (χ0) is 14.8. The number of carboxylic acids is 2. The first-order valence-electron chi connectivity index (χ1n) is 5.27. The third kappa shape index (κ3) is 37.1. The molecule has 0 aliphatic rings. The molecule has 0 aliphatic heterocycles. The Morgan fingerprint density at radius 2 is 0.889 bits per heavy atom. The molecule has 0 aromatic heterocycles. The van der Waals surface area contributed by atoms with E-state index < -0.39 is 11.9 Å². The molecule has 0 fully saturated rings. The maximum absolute atomic E-state index is 9.37. The van der Waals surface area contributed by atoms with Gasteiger partial charge in [-0.05, 0) is 0 Å². The molecule has 0 aliphatic carbocycles. The number of benzene rings is 1. The summed E-state index contributed by atoms with van der Waals surface area (Å²) in [7, 11) is 0. The van der Waals surface area contributed by atoms with Gasteiger partial charge in [-0.3, -0.25) is 9.59 Å². The summed E-state index contributed by atoms with van der Waals surface area (Å²) in [4.78, 5) is 26.7. The van der Waals surface area contributed by atoms with Gasteiger partial charge in [0.1, 0.15) is 6.79 Å². The highest BCUT2D eigenvalue weighted by Gasteiger charge is 1.81. The summed E-state index contributed by atoms with van der Waals surface area (Å²) < 4.78 is 0. The van der Waals surface area contributed by atoms with Crippen molar-refractivity contribution in [2.45, 2.75) is 26.7 Å². The summed E-state index contributed by atoms with van der Waals surface area (Å²) in [5.41, 5.74) is 0. The normalized spacial score (nSPS) is 7.00. The molecule has 2 N–H and O–H groups in total. The van der Waals surface area contributed by atoms with Crippen molar-refractivity contribution in [3.8, 4) is 0 Å². The Kier molecular flexibility index (Phi) is 23.8. The number of carbonyl (C=O) groups excluding carboxylic acids is 1. The predicted molar refractivity (Wildman–Crippen MR) is 69.4 cm³/mol. The van der Waals surface area contributed by atoms with E-state index in [0.29, 0.717) is 0 Å². The van der Waals surface area contributed by atoms with Crippen LogP contribution in [0.5, 0.6) is 0 Å². The molecule has 0 heterocycles. The van der Waals surface area contributed by atoms with Crippen LogP contribution in [0.3, 0.4) is 0 Å². The maximum atomic E-state index is 9.37. The molecule has 1 aromatic carbocycles. The first-order chi connectivity index (χ1) is 8.54. The van der Waals surface area contributed by atoms with Gasteiger partial charge in [-0.15, -0.1) is 0 Å². The second-order valence-electron chi connectivity index (χ2n) is 2.65. The zero-order valence-corrected chi connectivity index (χ0v) is 10.7. The van der Waals surface area contributed by atoms with Crippen LogP contribution < -0.4 is 0 Å². The lowest BCUT2D eigenvalue weighted by molar-refractivity contribution is -0.137. The van der Waals surface area contributed by atoms with E-state index in [0.717, 1.165) is 0 Å². The molecule has 0 radical (unpaired) electrons. The molecule has 0 saturated heterocycles. The lowest BCUT2D eigenvalue weighted by atomic mass is 10.4. The molecule has 102 valence electrons. The van der Waals surface area contributed by atoms with Gasteiger partial charge < -0.3 is 15.0 Å². The van der Waals surface area contributed by atoms with E-state index in [1.165, 1.54) is 0 Å². The molecular weight excluding hydrogens is 236 g/mol. The van der Waals surface area contributed by atoms with Crippen molar-refractivity contribution in [3.63, 3.8) is 0 Å². The highest BCUT2D eigenvalue weighted by Crippen LogP contribution is 1.79. The second-order valence-corrected chi connectivity index (χ2v) is 2.65. The summed E-state index contributed by atoms with van der Waals surface area (Å²) in [6, 6.07) is 12.0. The summed E-state index contributed by atoms with van der Waals surface area (Å²) >= 11 is 0. The Morgan fingerprint density at radius 1 is 0.778 bits per heavy atom. The Labute approximate surface area is 107 Å². The third-order valence-corrected chi connectivity index (χ3v) is 1.27. The highest BCUT2D eigenvalue weighted by atomic mass is 16.4. The molecule has 0 atom stereocenters. The molecule has 0 amide bonds. The number of hydrogen-bond donors (Lipinski definition) is 2. The SMILES string of the molecule is C=O.CCC(=O)O.CCC(=O)O.c1ccccc1. The quantitative estimate of drug-likeness (QED) is 0.848. The number of carboxylic acid groups (broad SMARTS) is 2. The smallest absolute Gasteiger partial charge is 0.303 e. The fraction of sp³-hybridized carbons (Fsp3) is 0.308. The number of aliphatic carboxylic acids is 2. The van der Waals surface area contributed by atoms with Crippen molar-refractivity contribution in [3.05, 3.63) is 36.4 Å². The molecule has 18 heavy (non-hydrogen) atoms. The Balaban J connectivity index is -0.000000177. The number of hydrogen-bond acceptors (Lipinski definition) is 3. The molecule has 1 rings (SSSR count). The fourth-order valence-electron chi connectivity index (χ4n) is 0.385. The molecule has 5 nitrogen and oxygen atoms in total. The van der Waals surface area contributed by atoms with Crippen molar-refractivity contribution in [1.29, 1.82) is 0 Å². The predicted octanol–water partition coefficient (Wildman–Crippen LogP) is 2.46. The summed E-state index contributed by atoms with van der Waals surface area (Å²) in [6.45, 7) is 5.20. The first-order valence-corrected chi connectivity index (χ1v) is 5.27. The van der Waals surface area contributed by atoms with E-state index in [1.807, 2.05) is 43.2 Å². The van der Waals surface area contributed by atoms with Crippen LogP contribution in [0.2, 0.25) is 0 Å². The van der Waals surface area contributed by atoms with Crippen LogP contribution in [0, 0.1) is 0 Å². The Morgan fingerprint density at radius 3 is 0.944 bits per heavy atom. The lowest BCUT2D eigenvalue weighted by Gasteiger charge is -1.71. The van der Waals surface area contributed by atoms with Crippen molar-refractivity contribution >= 4 is 18.7 Å². The van der Waals surface area contributed by atoms with Gasteiger partial charge in [0.15, 0.2) is 0 Å². The molecule has 5 heteroatoms. The minimum absolute atomic E-state index is 0.222. The topological polar surface area (TPSA) is 91.7 Å². The largest absolute Gasteiger partial charge is 0.481 e. The van der Waals surface area contributed by atoms with Crippen LogP contribution in [0.25, 0.3) is 0 Å². The van der Waals surface area contributed by atoms with Crippen LogP contribution in [-0.2, 0) is 14.4 Å². The van der Waals surface area contributed by atoms with E-state index in [-0.39, 0.29) is 12.8 Å². The van der Waals surface area contributed by atoms with Gasteiger partial charge in [0.2, 0.25) is 0 Å². The summed E-state index contributed by atoms with van der Waals surface area (Å²) in [6.07, 6.45) is 0.444. The Hall–Kier alpha value is -2.17. The van der Waals surface area contributed by atoms with Gasteiger partial charge in [0, 0.05) is 12.8 Å². The van der Waals surface area contributed by atoms with Gasteiger partial charge >= 0.3 is 11.9 Å². The average molecular weight is 256 g/mol. The van der Waals surface area contributed by atoms with Crippen LogP contribution in [0.4, 0.5) is 0 Å². The second kappa shape index (κ2) is 20.3. The van der Waals surface area contributed by atoms with Crippen molar-refractivity contribution in [2.75, 3.05) is 0 Å². The van der Waals surface area contributed by atoms with Crippen LogP contribution in [0.1, 0.15) is 26.7 Å². The Bertz CT molecular complexity index is 244. The van der Waals surface area contributed by atoms with Crippen molar-refractivity contribution in [1.82, 2.24) is 0 Å². The third-order valence-electron chi connectivity index (χ3n) is 1.27. The average Bonchev–Trinajstić information content (AvgIpc) is 2.44. The van der Waals surface area contributed by atoms with Gasteiger partial charge in [-0.1, -0.05) is 50.2 Å². The molecule has 0 saturated carbocycles. The molecule has 1 aromatic rings. The van der Waals surface area contributed by atoms with E-state index in [4.69, 9.17) is 15.0 Å². The summed E-state index contributed by atoms with van der Waals surface area (Å²) in [5, 5.41) is 15.4. The lowest BCUT2D eigenvalue weighted by Crippen LogP contribution is -1.86. The summed E-state index contributed by atoms with van der Waals surface area (Å²) in [5.74, 6) is -1.49. The van der Waals surface area contributed by atoms with E-state index in [1.54, 1.807) is 13.8 Å². The highest BCUT2D eigenvalue weighted by molar-refractivity contribution is 5.66. The van der Waals surface area contributed by atoms with Crippen molar-refractivity contribution in [2.24, 2.45) is 0 Å². The standard InChI is InChI=1S/C6H6.2C3H6O2.CH2O/c1-2-4-6-5-3-1;2*1-2-3(4)5;1-2/h1-6H;2*2H2,1H3,(H,4,5);1H2. The monoisotopic (exact) mass is 256 g/mol. The first kappa shape index (κ1) is 21.1. The van der Waals surface area contributed by atoms with E-state index in [9.17, 15) is 9.59 Å². The molecule has 0 spiro atoms. The van der Waals surface area contributed by atoms with E-state index in [2.05, 4.69) is 0 Å².